The molecule has 0 fully saturated rings. The van der Waals surface area contributed by atoms with Gasteiger partial charge in [-0.15, -0.1) is 0 Å². The number of nitrogens with zero attached hydrogens (tertiary/aromatic N) is 1. The van der Waals surface area contributed by atoms with Crippen molar-refractivity contribution in [1.29, 1.82) is 0 Å². The lowest BCUT2D eigenvalue weighted by atomic mass is 9.85. The number of para-hydroxylation sites is 1. The fourth-order valence-corrected chi connectivity index (χ4v) is 8.71. The van der Waals surface area contributed by atoms with Gasteiger partial charge in [0.1, 0.15) is 11.2 Å². The molecule has 0 unspecified atom stereocenters. The zero-order valence-corrected chi connectivity index (χ0v) is 30.6. The summed E-state index contributed by atoms with van der Waals surface area (Å²) in [5, 5.41) is 9.69. The Labute approximate surface area is 325 Å². The monoisotopic (exact) mass is 713 g/mol. The van der Waals surface area contributed by atoms with E-state index in [4.69, 9.17) is 4.42 Å². The van der Waals surface area contributed by atoms with E-state index < -0.39 is 0 Å². The van der Waals surface area contributed by atoms with Gasteiger partial charge in [0.25, 0.3) is 0 Å². The number of furan rings is 1. The molecule has 0 aliphatic rings. The van der Waals surface area contributed by atoms with Crippen LogP contribution >= 0.6 is 0 Å². The molecule has 0 saturated heterocycles. The lowest BCUT2D eigenvalue weighted by Gasteiger charge is -2.27. The molecule has 1 heterocycles. The molecule has 1 aromatic heterocycles. The van der Waals surface area contributed by atoms with Crippen LogP contribution in [-0.2, 0) is 0 Å². The van der Waals surface area contributed by atoms with E-state index in [0.29, 0.717) is 0 Å². The summed E-state index contributed by atoms with van der Waals surface area (Å²) < 4.78 is 6.29. The van der Waals surface area contributed by atoms with Crippen molar-refractivity contribution in [2.75, 3.05) is 4.90 Å². The molecule has 10 aromatic carbocycles. The molecule has 56 heavy (non-hydrogen) atoms. The summed E-state index contributed by atoms with van der Waals surface area (Å²) in [6.07, 6.45) is 0. The molecule has 2 heteroatoms. The van der Waals surface area contributed by atoms with Crippen LogP contribution in [0.1, 0.15) is 0 Å². The molecule has 0 radical (unpaired) electrons. The van der Waals surface area contributed by atoms with E-state index in [0.717, 1.165) is 44.6 Å². The van der Waals surface area contributed by atoms with Crippen LogP contribution in [0.3, 0.4) is 0 Å². The summed E-state index contributed by atoms with van der Waals surface area (Å²) in [5.74, 6) is 0. The zero-order chi connectivity index (χ0) is 37.0. The van der Waals surface area contributed by atoms with E-state index in [1.165, 1.54) is 60.1 Å². The van der Waals surface area contributed by atoms with Gasteiger partial charge in [0.15, 0.2) is 0 Å². The van der Waals surface area contributed by atoms with Crippen molar-refractivity contribution < 1.29 is 4.42 Å². The molecular weight excluding hydrogens is 679 g/mol. The van der Waals surface area contributed by atoms with E-state index in [9.17, 15) is 0 Å². The minimum Gasteiger partial charge on any atom is -0.456 e. The maximum Gasteiger partial charge on any atom is 0.135 e. The molecule has 0 bridgehead atoms. The van der Waals surface area contributed by atoms with Crippen molar-refractivity contribution in [2.24, 2.45) is 0 Å². The Balaban J connectivity index is 1.14. The average molecular weight is 714 g/mol. The molecule has 2 nitrogen and oxygen atoms in total. The Morgan fingerprint density at radius 3 is 1.59 bits per heavy atom. The highest BCUT2D eigenvalue weighted by molar-refractivity contribution is 6.21. The largest absolute Gasteiger partial charge is 0.456 e. The summed E-state index contributed by atoms with van der Waals surface area (Å²) in [5.41, 5.74) is 12.2. The van der Waals surface area contributed by atoms with Crippen LogP contribution in [0, 0.1) is 0 Å². The van der Waals surface area contributed by atoms with Crippen LogP contribution in [0.25, 0.3) is 87.6 Å². The summed E-state index contributed by atoms with van der Waals surface area (Å²) >= 11 is 0. The second-order valence-electron chi connectivity index (χ2n) is 14.4. The molecule has 0 atom stereocenters. The Kier molecular flexibility index (Phi) is 7.53. The number of hydrogen-bond acceptors (Lipinski definition) is 2. The maximum atomic E-state index is 6.29. The third-order valence-corrected chi connectivity index (χ3v) is 11.2. The lowest BCUT2D eigenvalue weighted by Crippen LogP contribution is -2.10. The molecule has 0 spiro atoms. The number of anilines is 3. The van der Waals surface area contributed by atoms with Crippen molar-refractivity contribution in [3.05, 3.63) is 212 Å². The molecule has 0 aliphatic heterocycles. The Morgan fingerprint density at radius 1 is 0.286 bits per heavy atom. The molecular formula is C54H35NO. The van der Waals surface area contributed by atoms with Gasteiger partial charge in [-0.2, -0.15) is 0 Å². The summed E-state index contributed by atoms with van der Waals surface area (Å²) in [4.78, 5) is 2.38. The summed E-state index contributed by atoms with van der Waals surface area (Å²) in [7, 11) is 0. The van der Waals surface area contributed by atoms with Gasteiger partial charge >= 0.3 is 0 Å². The smallest absolute Gasteiger partial charge is 0.135 e. The standard InChI is InChI=1S/C54H35NO/c1-2-15-38(16-3-1)53-48-24-8-6-21-45(48)46-22-7-9-25-49(46)54(53)39-18-12-19-41(34-39)55(42-32-33-52-50(35-42)47-23-10-11-27-51(47)56-52)40-30-28-37(29-31-40)44-26-13-17-36-14-4-5-20-43(36)44/h1-35H. The lowest BCUT2D eigenvalue weighted by molar-refractivity contribution is 0.669. The molecule has 0 aliphatic carbocycles. The number of benzene rings is 10. The fourth-order valence-electron chi connectivity index (χ4n) is 8.71. The first-order valence-corrected chi connectivity index (χ1v) is 19.2. The minimum absolute atomic E-state index is 0.880. The summed E-state index contributed by atoms with van der Waals surface area (Å²) in [6.45, 7) is 0. The van der Waals surface area contributed by atoms with Gasteiger partial charge in [-0.3, -0.25) is 0 Å². The quantitative estimate of drug-likeness (QED) is 0.160. The topological polar surface area (TPSA) is 16.4 Å². The third kappa shape index (κ3) is 5.26. The van der Waals surface area contributed by atoms with Crippen LogP contribution in [-0.4, -0.2) is 0 Å². The molecule has 0 amide bonds. The highest BCUT2D eigenvalue weighted by Crippen LogP contribution is 2.47. The van der Waals surface area contributed by atoms with Gasteiger partial charge in [0.2, 0.25) is 0 Å². The fraction of sp³-hybridized carbons (Fsp3) is 0. The van der Waals surface area contributed by atoms with Gasteiger partial charge in [-0.1, -0.05) is 164 Å². The van der Waals surface area contributed by atoms with Crippen molar-refractivity contribution in [1.82, 2.24) is 0 Å². The zero-order valence-electron chi connectivity index (χ0n) is 30.6. The Morgan fingerprint density at radius 2 is 0.821 bits per heavy atom. The maximum absolute atomic E-state index is 6.29. The highest BCUT2D eigenvalue weighted by atomic mass is 16.3. The predicted octanol–water partition coefficient (Wildman–Crippen LogP) is 15.5. The number of fused-ring (bicyclic) bond motifs is 7. The third-order valence-electron chi connectivity index (χ3n) is 11.2. The normalized spacial score (nSPS) is 11.6. The first-order chi connectivity index (χ1) is 27.8. The first-order valence-electron chi connectivity index (χ1n) is 19.2. The van der Waals surface area contributed by atoms with Crippen LogP contribution < -0.4 is 4.90 Å². The second-order valence-corrected chi connectivity index (χ2v) is 14.4. The second kappa shape index (κ2) is 13.2. The Hall–Kier alpha value is -7.42. The molecule has 0 N–H and O–H groups in total. The van der Waals surface area contributed by atoms with E-state index >= 15 is 0 Å². The average Bonchev–Trinajstić information content (AvgIpc) is 3.65. The van der Waals surface area contributed by atoms with Crippen LogP contribution in [0.15, 0.2) is 217 Å². The number of hydrogen-bond donors (Lipinski definition) is 0. The van der Waals surface area contributed by atoms with E-state index in [1.54, 1.807) is 0 Å². The van der Waals surface area contributed by atoms with Crippen LogP contribution in [0.2, 0.25) is 0 Å². The van der Waals surface area contributed by atoms with E-state index in [-0.39, 0.29) is 0 Å². The van der Waals surface area contributed by atoms with Crippen LogP contribution in [0.4, 0.5) is 17.1 Å². The number of rotatable bonds is 6. The van der Waals surface area contributed by atoms with Crippen molar-refractivity contribution in [3.63, 3.8) is 0 Å². The van der Waals surface area contributed by atoms with Gasteiger partial charge in [0.05, 0.1) is 0 Å². The van der Waals surface area contributed by atoms with E-state index in [2.05, 4.69) is 205 Å². The van der Waals surface area contributed by atoms with Gasteiger partial charge < -0.3 is 9.32 Å². The molecule has 11 rings (SSSR count). The van der Waals surface area contributed by atoms with Crippen molar-refractivity contribution in [2.45, 2.75) is 0 Å². The molecule has 11 aromatic rings. The predicted molar refractivity (Wildman–Crippen MR) is 237 cm³/mol. The summed E-state index contributed by atoms with van der Waals surface area (Å²) in [6, 6.07) is 76.6. The minimum atomic E-state index is 0.880. The molecule has 262 valence electrons. The van der Waals surface area contributed by atoms with Crippen molar-refractivity contribution in [3.8, 4) is 33.4 Å². The Bertz CT molecular complexity index is 3240. The van der Waals surface area contributed by atoms with Crippen molar-refractivity contribution >= 4 is 71.3 Å². The van der Waals surface area contributed by atoms with E-state index in [1.807, 2.05) is 12.1 Å². The van der Waals surface area contributed by atoms with Gasteiger partial charge in [0, 0.05) is 27.8 Å². The molecule has 0 saturated carbocycles. The van der Waals surface area contributed by atoms with Gasteiger partial charge in [-0.05, 0) is 114 Å². The first kappa shape index (κ1) is 32.0. The highest BCUT2D eigenvalue weighted by Gasteiger charge is 2.20. The van der Waals surface area contributed by atoms with Gasteiger partial charge in [-0.25, -0.2) is 0 Å². The SMILES string of the molecule is c1ccc(-c2c(-c3cccc(N(c4ccc(-c5cccc6ccccc56)cc4)c4ccc5oc6ccccc6c5c4)c3)c3ccccc3c3ccccc23)cc1. The van der Waals surface area contributed by atoms with Crippen LogP contribution in [0.5, 0.6) is 0 Å².